The number of aromatic nitrogens is 4. The average molecular weight is 373 g/mol. The van der Waals surface area contributed by atoms with Gasteiger partial charge in [0.25, 0.3) is 0 Å². The lowest BCUT2D eigenvalue weighted by molar-refractivity contribution is 0.500. The maximum Gasteiger partial charge on any atom is 0.137 e. The van der Waals surface area contributed by atoms with Gasteiger partial charge < -0.3 is 9.97 Å². The van der Waals surface area contributed by atoms with Crippen LogP contribution in [0.4, 0.5) is 0 Å². The Kier molecular flexibility index (Phi) is 4.18. The Labute approximate surface area is 155 Å². The first-order valence-electron chi connectivity index (χ1n) is 8.33. The third-order valence-electron chi connectivity index (χ3n) is 4.94. The van der Waals surface area contributed by atoms with E-state index in [0.29, 0.717) is 16.0 Å². The summed E-state index contributed by atoms with van der Waals surface area (Å²) in [6.45, 7) is 4.47. The van der Waals surface area contributed by atoms with Crippen LogP contribution in [0.25, 0.3) is 22.1 Å². The van der Waals surface area contributed by atoms with Crippen molar-refractivity contribution in [3.63, 3.8) is 0 Å². The topological polar surface area (TPSA) is 57.4 Å². The van der Waals surface area contributed by atoms with Gasteiger partial charge in [-0.25, -0.2) is 9.97 Å². The number of hydrogen-bond acceptors (Lipinski definition) is 2. The van der Waals surface area contributed by atoms with E-state index in [1.165, 1.54) is 11.1 Å². The number of nitrogens with zero attached hydrogens (tertiary/aromatic N) is 2. The summed E-state index contributed by atoms with van der Waals surface area (Å²) in [4.78, 5) is 15.3. The van der Waals surface area contributed by atoms with Crippen molar-refractivity contribution < 1.29 is 0 Å². The van der Waals surface area contributed by atoms with E-state index in [0.717, 1.165) is 28.5 Å². The molecule has 128 valence electrons. The zero-order chi connectivity index (χ0) is 17.6. The number of H-pyrrole nitrogens is 2. The molecular weight excluding hydrogens is 355 g/mol. The molecule has 0 spiro atoms. The first kappa shape index (κ1) is 16.4. The van der Waals surface area contributed by atoms with E-state index in [1.54, 1.807) is 12.4 Å². The molecule has 0 amide bonds. The molecule has 4 heterocycles. The summed E-state index contributed by atoms with van der Waals surface area (Å²) in [5.74, 6) is 0.615. The van der Waals surface area contributed by atoms with Crippen LogP contribution in [-0.4, -0.2) is 19.9 Å². The highest BCUT2D eigenvalue weighted by Gasteiger charge is 2.26. The van der Waals surface area contributed by atoms with Crippen molar-refractivity contribution in [1.29, 1.82) is 0 Å². The van der Waals surface area contributed by atoms with Gasteiger partial charge in [-0.3, -0.25) is 0 Å². The Morgan fingerprint density at radius 2 is 1.40 bits per heavy atom. The second-order valence-corrected chi connectivity index (χ2v) is 7.32. The quantitative estimate of drug-likeness (QED) is 0.466. The highest BCUT2D eigenvalue weighted by molar-refractivity contribution is 6.31. The standard InChI is InChI=1S/C19H18Cl2N4/c1-3-10(2)17(15-8-24-18-13(15)4-11(20)6-22-18)16-9-25-19-14(16)5-12(21)7-23-19/h4-10,17H,3H2,1-2H3,(H,22,24)(H,23,25)/t10-/m0/s1. The van der Waals surface area contributed by atoms with Gasteiger partial charge >= 0.3 is 0 Å². The van der Waals surface area contributed by atoms with Crippen molar-refractivity contribution in [2.45, 2.75) is 26.2 Å². The van der Waals surface area contributed by atoms with Crippen LogP contribution in [0.5, 0.6) is 0 Å². The van der Waals surface area contributed by atoms with Crippen molar-refractivity contribution in [1.82, 2.24) is 19.9 Å². The summed E-state index contributed by atoms with van der Waals surface area (Å²) in [6.07, 6.45) is 8.46. The van der Waals surface area contributed by atoms with Crippen LogP contribution in [0.1, 0.15) is 37.3 Å². The summed E-state index contributed by atoms with van der Waals surface area (Å²) < 4.78 is 0. The Hall–Kier alpha value is -2.04. The number of rotatable bonds is 4. The van der Waals surface area contributed by atoms with Crippen LogP contribution >= 0.6 is 23.2 Å². The first-order chi connectivity index (χ1) is 12.1. The third kappa shape index (κ3) is 2.79. The van der Waals surface area contributed by atoms with Gasteiger partial charge in [-0.05, 0) is 29.2 Å². The lowest BCUT2D eigenvalue weighted by atomic mass is 9.80. The van der Waals surface area contributed by atoms with Gasteiger partial charge in [0.2, 0.25) is 0 Å². The van der Waals surface area contributed by atoms with Crippen molar-refractivity contribution in [3.8, 4) is 0 Å². The molecule has 0 fully saturated rings. The van der Waals surface area contributed by atoms with Gasteiger partial charge in [-0.1, -0.05) is 43.5 Å². The molecule has 4 aromatic rings. The van der Waals surface area contributed by atoms with Gasteiger partial charge in [0.05, 0.1) is 10.0 Å². The molecule has 0 saturated heterocycles. The fourth-order valence-corrected chi connectivity index (χ4v) is 3.84. The number of aromatic amines is 2. The van der Waals surface area contributed by atoms with Crippen LogP contribution in [0.2, 0.25) is 10.0 Å². The van der Waals surface area contributed by atoms with Crippen LogP contribution in [0, 0.1) is 5.92 Å². The highest BCUT2D eigenvalue weighted by atomic mass is 35.5. The average Bonchev–Trinajstić information content (AvgIpc) is 3.20. The molecular formula is C19H18Cl2N4. The molecule has 0 aliphatic rings. The summed E-state index contributed by atoms with van der Waals surface area (Å²) in [6, 6.07) is 3.95. The van der Waals surface area contributed by atoms with E-state index in [-0.39, 0.29) is 5.92 Å². The molecule has 25 heavy (non-hydrogen) atoms. The minimum absolute atomic E-state index is 0.188. The fraction of sp³-hybridized carbons (Fsp3) is 0.263. The largest absolute Gasteiger partial charge is 0.346 e. The fourth-order valence-electron chi connectivity index (χ4n) is 3.53. The lowest BCUT2D eigenvalue weighted by Gasteiger charge is -2.23. The van der Waals surface area contributed by atoms with E-state index in [1.807, 2.05) is 24.5 Å². The third-order valence-corrected chi connectivity index (χ3v) is 5.36. The monoisotopic (exact) mass is 372 g/mol. The molecule has 0 saturated carbocycles. The van der Waals surface area contributed by atoms with Gasteiger partial charge in [0.15, 0.2) is 0 Å². The summed E-state index contributed by atoms with van der Waals surface area (Å²) in [5, 5.41) is 3.39. The molecule has 4 rings (SSSR count). The van der Waals surface area contributed by atoms with Crippen molar-refractivity contribution in [2.24, 2.45) is 5.92 Å². The van der Waals surface area contributed by atoms with Crippen molar-refractivity contribution in [2.75, 3.05) is 0 Å². The van der Waals surface area contributed by atoms with Gasteiger partial charge in [0, 0.05) is 41.5 Å². The summed E-state index contributed by atoms with van der Waals surface area (Å²) in [7, 11) is 0. The predicted octanol–water partition coefficient (Wildman–Crippen LogP) is 5.92. The Morgan fingerprint density at radius 1 is 0.920 bits per heavy atom. The lowest BCUT2D eigenvalue weighted by Crippen LogP contribution is -2.10. The zero-order valence-corrected chi connectivity index (χ0v) is 15.5. The van der Waals surface area contributed by atoms with Crippen molar-refractivity contribution >= 4 is 45.3 Å². The smallest absolute Gasteiger partial charge is 0.137 e. The van der Waals surface area contributed by atoms with Gasteiger partial charge in [-0.15, -0.1) is 0 Å². The molecule has 0 radical (unpaired) electrons. The molecule has 0 bridgehead atoms. The summed E-state index contributed by atoms with van der Waals surface area (Å²) in [5.41, 5.74) is 4.09. The molecule has 2 N–H and O–H groups in total. The van der Waals surface area contributed by atoms with Crippen LogP contribution in [-0.2, 0) is 0 Å². The van der Waals surface area contributed by atoms with E-state index < -0.39 is 0 Å². The Balaban J connectivity index is 1.96. The SMILES string of the molecule is CC[C@H](C)C(c1c[nH]c2ncc(Cl)cc12)c1c[nH]c2ncc(Cl)cc12. The maximum absolute atomic E-state index is 6.20. The summed E-state index contributed by atoms with van der Waals surface area (Å²) >= 11 is 12.4. The van der Waals surface area contributed by atoms with E-state index in [4.69, 9.17) is 23.2 Å². The normalized spacial score (nSPS) is 13.2. The number of hydrogen-bond donors (Lipinski definition) is 2. The molecule has 6 heteroatoms. The van der Waals surface area contributed by atoms with E-state index in [9.17, 15) is 0 Å². The molecule has 0 aromatic carbocycles. The zero-order valence-electron chi connectivity index (χ0n) is 14.0. The molecule has 0 aliphatic heterocycles. The number of nitrogens with one attached hydrogen (secondary N) is 2. The highest BCUT2D eigenvalue weighted by Crippen LogP contribution is 2.40. The predicted molar refractivity (Wildman–Crippen MR) is 104 cm³/mol. The van der Waals surface area contributed by atoms with Crippen LogP contribution in [0.15, 0.2) is 36.9 Å². The number of pyridine rings is 2. The Morgan fingerprint density at radius 3 is 1.84 bits per heavy atom. The van der Waals surface area contributed by atoms with Gasteiger partial charge in [-0.2, -0.15) is 0 Å². The molecule has 0 aliphatic carbocycles. The number of halogens is 2. The van der Waals surface area contributed by atoms with Crippen molar-refractivity contribution in [3.05, 3.63) is 58.1 Å². The minimum atomic E-state index is 0.188. The second-order valence-electron chi connectivity index (χ2n) is 6.45. The van der Waals surface area contributed by atoms with Gasteiger partial charge in [0.1, 0.15) is 11.3 Å². The number of fused-ring (bicyclic) bond motifs is 2. The maximum atomic E-state index is 6.20. The molecule has 4 nitrogen and oxygen atoms in total. The van der Waals surface area contributed by atoms with Crippen LogP contribution < -0.4 is 0 Å². The van der Waals surface area contributed by atoms with E-state index >= 15 is 0 Å². The van der Waals surface area contributed by atoms with E-state index in [2.05, 4.69) is 33.8 Å². The Bertz CT molecular complexity index is 970. The molecule has 4 aromatic heterocycles. The second kappa shape index (κ2) is 6.36. The minimum Gasteiger partial charge on any atom is -0.346 e. The molecule has 0 unspecified atom stereocenters. The first-order valence-corrected chi connectivity index (χ1v) is 9.09. The molecule has 1 atom stereocenters. The van der Waals surface area contributed by atoms with Crippen LogP contribution in [0.3, 0.4) is 0 Å².